The molecule has 2 rings (SSSR count). The van der Waals surface area contributed by atoms with Gasteiger partial charge in [-0.2, -0.15) is 0 Å². The molecule has 0 atom stereocenters. The summed E-state index contributed by atoms with van der Waals surface area (Å²) in [4.78, 5) is 47.2. The Labute approximate surface area is 149 Å². The molecule has 1 amide bonds. The molecule has 1 aliphatic heterocycles. The normalized spacial score (nSPS) is 13.2. The van der Waals surface area contributed by atoms with Crippen molar-refractivity contribution in [2.24, 2.45) is 0 Å². The van der Waals surface area contributed by atoms with E-state index in [1.807, 2.05) is 4.90 Å². The van der Waals surface area contributed by atoms with E-state index in [0.717, 1.165) is 32.0 Å². The first-order chi connectivity index (χ1) is 12.4. The first-order valence-corrected chi connectivity index (χ1v) is 7.96. The molecule has 1 aliphatic rings. The number of esters is 2. The minimum atomic E-state index is -0.844. The van der Waals surface area contributed by atoms with Crippen LogP contribution in [0.2, 0.25) is 0 Å². The molecule has 140 valence electrons. The van der Waals surface area contributed by atoms with Gasteiger partial charge in [-0.15, -0.1) is 0 Å². The Hall–Kier alpha value is -3.17. The van der Waals surface area contributed by atoms with Gasteiger partial charge in [-0.05, 0) is 18.9 Å². The van der Waals surface area contributed by atoms with E-state index in [1.165, 1.54) is 19.2 Å². The van der Waals surface area contributed by atoms with Crippen molar-refractivity contribution in [3.8, 4) is 0 Å². The van der Waals surface area contributed by atoms with Crippen LogP contribution >= 0.6 is 0 Å². The number of benzene rings is 1. The number of hydrogen-bond acceptors (Lipinski definition) is 8. The molecule has 0 aliphatic carbocycles. The Balaban J connectivity index is 2.08. The summed E-state index contributed by atoms with van der Waals surface area (Å²) in [6.45, 7) is 0.510. The van der Waals surface area contributed by atoms with Gasteiger partial charge in [-0.25, -0.2) is 4.79 Å². The number of anilines is 1. The number of nitrogens with zero attached hydrogens (tertiary/aromatic N) is 2. The lowest BCUT2D eigenvalue weighted by Gasteiger charge is -2.20. The number of carbonyl (C=O) groups is 3. The second kappa shape index (κ2) is 8.79. The SMILES string of the molecule is COC(=O)CNC(=O)COC(=O)c1cc([N+](=O)[O-])ccc1N1CCCC1. The topological polar surface area (TPSA) is 128 Å². The monoisotopic (exact) mass is 365 g/mol. The van der Waals surface area contributed by atoms with Crippen LogP contribution in [-0.2, 0) is 19.1 Å². The van der Waals surface area contributed by atoms with Crippen molar-refractivity contribution in [3.05, 3.63) is 33.9 Å². The Morgan fingerprint density at radius 3 is 2.58 bits per heavy atom. The van der Waals surface area contributed by atoms with Crippen LogP contribution in [0.4, 0.5) is 11.4 Å². The number of ether oxygens (including phenoxy) is 2. The predicted octanol–water partition coefficient (Wildman–Crippen LogP) is 0.641. The molecule has 1 N–H and O–H groups in total. The lowest BCUT2D eigenvalue weighted by Crippen LogP contribution is -2.33. The van der Waals surface area contributed by atoms with E-state index < -0.39 is 29.4 Å². The van der Waals surface area contributed by atoms with Gasteiger partial charge in [0.1, 0.15) is 6.54 Å². The number of non-ortho nitro benzene ring substituents is 1. The first-order valence-electron chi connectivity index (χ1n) is 7.96. The minimum absolute atomic E-state index is 0.0295. The second-order valence-corrected chi connectivity index (χ2v) is 5.58. The van der Waals surface area contributed by atoms with Crippen molar-refractivity contribution in [1.29, 1.82) is 0 Å². The van der Waals surface area contributed by atoms with E-state index in [9.17, 15) is 24.5 Å². The first kappa shape index (κ1) is 19.2. The summed E-state index contributed by atoms with van der Waals surface area (Å²) in [5.74, 6) is -2.17. The van der Waals surface area contributed by atoms with Crippen LogP contribution in [-0.4, -0.2) is 56.1 Å². The predicted molar refractivity (Wildman–Crippen MR) is 89.9 cm³/mol. The largest absolute Gasteiger partial charge is 0.468 e. The van der Waals surface area contributed by atoms with Crippen molar-refractivity contribution in [2.75, 3.05) is 38.3 Å². The summed E-state index contributed by atoms with van der Waals surface area (Å²) < 4.78 is 9.31. The van der Waals surface area contributed by atoms with Gasteiger partial charge in [-0.1, -0.05) is 0 Å². The van der Waals surface area contributed by atoms with Gasteiger partial charge in [0.15, 0.2) is 6.61 Å². The minimum Gasteiger partial charge on any atom is -0.468 e. The summed E-state index contributed by atoms with van der Waals surface area (Å²) in [7, 11) is 1.18. The molecule has 10 heteroatoms. The maximum Gasteiger partial charge on any atom is 0.341 e. The highest BCUT2D eigenvalue weighted by molar-refractivity contribution is 5.98. The number of nitro benzene ring substituents is 1. The van der Waals surface area contributed by atoms with Gasteiger partial charge in [0.05, 0.1) is 23.3 Å². The van der Waals surface area contributed by atoms with Crippen LogP contribution < -0.4 is 10.2 Å². The van der Waals surface area contributed by atoms with E-state index in [2.05, 4.69) is 10.1 Å². The average Bonchev–Trinajstić information content (AvgIpc) is 3.17. The quantitative estimate of drug-likeness (QED) is 0.423. The third kappa shape index (κ3) is 4.91. The Bertz CT molecular complexity index is 714. The molecule has 1 aromatic carbocycles. The third-order valence-electron chi connectivity index (χ3n) is 3.85. The fourth-order valence-corrected chi connectivity index (χ4v) is 2.54. The molecule has 1 heterocycles. The number of carbonyl (C=O) groups excluding carboxylic acids is 3. The van der Waals surface area contributed by atoms with Gasteiger partial charge in [-0.3, -0.25) is 19.7 Å². The molecule has 1 aromatic rings. The maximum absolute atomic E-state index is 12.4. The van der Waals surface area contributed by atoms with Gasteiger partial charge in [0.2, 0.25) is 0 Å². The number of rotatable bonds is 7. The zero-order valence-electron chi connectivity index (χ0n) is 14.2. The van der Waals surface area contributed by atoms with E-state index in [4.69, 9.17) is 4.74 Å². The number of amides is 1. The Kier molecular flexibility index (Phi) is 6.48. The molecule has 26 heavy (non-hydrogen) atoms. The molecule has 10 nitrogen and oxygen atoms in total. The smallest absolute Gasteiger partial charge is 0.341 e. The van der Waals surface area contributed by atoms with Crippen molar-refractivity contribution < 1.29 is 28.8 Å². The second-order valence-electron chi connectivity index (χ2n) is 5.58. The summed E-state index contributed by atoms with van der Waals surface area (Å²) >= 11 is 0. The molecule has 1 fully saturated rings. The van der Waals surface area contributed by atoms with Gasteiger partial charge >= 0.3 is 11.9 Å². The molecular weight excluding hydrogens is 346 g/mol. The molecule has 0 saturated carbocycles. The van der Waals surface area contributed by atoms with Crippen LogP contribution in [0.3, 0.4) is 0 Å². The fourth-order valence-electron chi connectivity index (χ4n) is 2.54. The highest BCUT2D eigenvalue weighted by atomic mass is 16.6. The van der Waals surface area contributed by atoms with Crippen LogP contribution in [0, 0.1) is 10.1 Å². The van der Waals surface area contributed by atoms with Crippen LogP contribution in [0.1, 0.15) is 23.2 Å². The summed E-state index contributed by atoms with van der Waals surface area (Å²) in [5, 5.41) is 13.2. The van der Waals surface area contributed by atoms with Crippen molar-refractivity contribution in [2.45, 2.75) is 12.8 Å². The Morgan fingerprint density at radius 2 is 1.96 bits per heavy atom. The summed E-state index contributed by atoms with van der Waals surface area (Å²) in [5.41, 5.74) is 0.324. The zero-order chi connectivity index (χ0) is 19.1. The van der Waals surface area contributed by atoms with Crippen molar-refractivity contribution in [1.82, 2.24) is 5.32 Å². The number of nitrogens with one attached hydrogen (secondary N) is 1. The van der Waals surface area contributed by atoms with Gasteiger partial charge in [0, 0.05) is 25.2 Å². The van der Waals surface area contributed by atoms with Crippen LogP contribution in [0.5, 0.6) is 0 Å². The molecule has 0 radical (unpaired) electrons. The lowest BCUT2D eigenvalue weighted by molar-refractivity contribution is -0.384. The number of nitro groups is 1. The highest BCUT2D eigenvalue weighted by Gasteiger charge is 2.24. The van der Waals surface area contributed by atoms with Crippen LogP contribution in [0.15, 0.2) is 18.2 Å². The summed E-state index contributed by atoms with van der Waals surface area (Å²) in [6, 6.07) is 3.98. The number of hydrogen-bond donors (Lipinski definition) is 1. The van der Waals surface area contributed by atoms with Gasteiger partial charge < -0.3 is 19.7 Å². The zero-order valence-corrected chi connectivity index (χ0v) is 14.2. The molecule has 0 unspecified atom stereocenters. The van der Waals surface area contributed by atoms with Crippen molar-refractivity contribution in [3.63, 3.8) is 0 Å². The third-order valence-corrected chi connectivity index (χ3v) is 3.85. The Morgan fingerprint density at radius 1 is 1.27 bits per heavy atom. The summed E-state index contributed by atoms with van der Waals surface area (Å²) in [6.07, 6.45) is 1.92. The maximum atomic E-state index is 12.4. The van der Waals surface area contributed by atoms with Gasteiger partial charge in [0.25, 0.3) is 11.6 Å². The molecule has 0 spiro atoms. The van der Waals surface area contributed by atoms with Crippen molar-refractivity contribution >= 4 is 29.2 Å². The molecular formula is C16H19N3O7. The fraction of sp³-hybridized carbons (Fsp3) is 0.438. The highest BCUT2D eigenvalue weighted by Crippen LogP contribution is 2.28. The molecule has 1 saturated heterocycles. The lowest BCUT2D eigenvalue weighted by atomic mass is 10.1. The number of methoxy groups -OCH3 is 1. The van der Waals surface area contributed by atoms with E-state index in [1.54, 1.807) is 0 Å². The van der Waals surface area contributed by atoms with E-state index >= 15 is 0 Å². The van der Waals surface area contributed by atoms with E-state index in [-0.39, 0.29) is 17.8 Å². The molecule has 0 bridgehead atoms. The van der Waals surface area contributed by atoms with Crippen LogP contribution in [0.25, 0.3) is 0 Å². The average molecular weight is 365 g/mol. The standard InChI is InChI=1S/C16H19N3O7/c1-25-15(21)9-17-14(20)10-26-16(22)12-8-11(19(23)24)4-5-13(12)18-6-2-3-7-18/h4-5,8H,2-3,6-7,9-10H2,1H3,(H,17,20). The van der Waals surface area contributed by atoms with E-state index in [0.29, 0.717) is 5.69 Å². The molecule has 0 aromatic heterocycles.